The van der Waals surface area contributed by atoms with Gasteiger partial charge in [0, 0.05) is 19.0 Å². The summed E-state index contributed by atoms with van der Waals surface area (Å²) in [5.41, 5.74) is 0.613. The van der Waals surface area contributed by atoms with E-state index < -0.39 is 0 Å². The number of aromatic nitrogens is 1. The number of pyridine rings is 1. The summed E-state index contributed by atoms with van der Waals surface area (Å²) in [5, 5.41) is 3.32. The third kappa shape index (κ3) is 4.49. The Hall–Kier alpha value is -1.29. The van der Waals surface area contributed by atoms with E-state index in [1.165, 1.54) is 11.8 Å². The summed E-state index contributed by atoms with van der Waals surface area (Å²) < 4.78 is 0. The molecule has 88 valence electrons. The first kappa shape index (κ1) is 14.7. The molecule has 0 saturated heterocycles. The molecule has 0 unspecified atom stereocenters. The largest absolute Gasteiger partial charge is 0.355 e. The molecule has 1 aromatic heterocycles. The zero-order valence-electron chi connectivity index (χ0n) is 9.99. The van der Waals surface area contributed by atoms with Gasteiger partial charge in [0.25, 0.3) is 5.91 Å². The Bertz CT molecular complexity index is 340. The van der Waals surface area contributed by atoms with Crippen LogP contribution >= 0.6 is 11.8 Å². The predicted molar refractivity (Wildman–Crippen MR) is 69.9 cm³/mol. The van der Waals surface area contributed by atoms with E-state index in [4.69, 9.17) is 0 Å². The highest BCUT2D eigenvalue weighted by molar-refractivity contribution is 7.99. The van der Waals surface area contributed by atoms with Crippen molar-refractivity contribution in [3.8, 4) is 0 Å². The van der Waals surface area contributed by atoms with Crippen molar-refractivity contribution in [2.45, 2.75) is 18.9 Å². The number of hydrogen-bond acceptors (Lipinski definition) is 3. The molecule has 1 amide bonds. The number of thioether (sulfide) groups is 1. The van der Waals surface area contributed by atoms with Crippen LogP contribution in [0.25, 0.3) is 0 Å². The summed E-state index contributed by atoms with van der Waals surface area (Å²) in [6.07, 6.45) is 3.46. The fourth-order valence-corrected chi connectivity index (χ4v) is 1.68. The van der Waals surface area contributed by atoms with E-state index >= 15 is 0 Å². The predicted octanol–water partition coefficient (Wildman–Crippen LogP) is 2.75. The standard InChI is InChI=1S/C10H12N2OS.C2H6/c1-3-7-14-10-8(9(13)11-2)5-4-6-12-10;1-2/h3-6H,1,7H2,2H3,(H,11,13);1-2H3. The second-order valence-corrected chi connectivity index (χ2v) is 3.54. The zero-order valence-corrected chi connectivity index (χ0v) is 10.8. The van der Waals surface area contributed by atoms with Gasteiger partial charge in [-0.15, -0.1) is 18.3 Å². The van der Waals surface area contributed by atoms with Gasteiger partial charge < -0.3 is 5.32 Å². The maximum absolute atomic E-state index is 11.4. The minimum absolute atomic E-state index is 0.107. The molecule has 0 aliphatic heterocycles. The second-order valence-electron chi connectivity index (χ2n) is 2.53. The summed E-state index contributed by atoms with van der Waals surface area (Å²) in [7, 11) is 1.61. The van der Waals surface area contributed by atoms with Gasteiger partial charge in [-0.3, -0.25) is 4.79 Å². The maximum atomic E-state index is 11.4. The quantitative estimate of drug-likeness (QED) is 0.648. The van der Waals surface area contributed by atoms with Crippen LogP contribution < -0.4 is 5.32 Å². The summed E-state index contributed by atoms with van der Waals surface area (Å²) in [6, 6.07) is 3.51. The molecule has 0 aliphatic rings. The molecule has 1 aromatic rings. The molecule has 0 atom stereocenters. The van der Waals surface area contributed by atoms with Crippen molar-refractivity contribution in [1.82, 2.24) is 10.3 Å². The summed E-state index contributed by atoms with van der Waals surface area (Å²) in [6.45, 7) is 7.62. The van der Waals surface area contributed by atoms with Crippen LogP contribution in [0.5, 0.6) is 0 Å². The Balaban J connectivity index is 0.00000106. The van der Waals surface area contributed by atoms with Gasteiger partial charge in [0.05, 0.1) is 5.56 Å². The molecular weight excluding hydrogens is 220 g/mol. The molecule has 4 heteroatoms. The summed E-state index contributed by atoms with van der Waals surface area (Å²) >= 11 is 1.50. The first-order valence-electron chi connectivity index (χ1n) is 5.20. The number of nitrogens with one attached hydrogen (secondary N) is 1. The highest BCUT2D eigenvalue weighted by Crippen LogP contribution is 2.19. The van der Waals surface area contributed by atoms with E-state index in [1.807, 2.05) is 13.8 Å². The van der Waals surface area contributed by atoms with Crippen LogP contribution in [-0.2, 0) is 0 Å². The van der Waals surface area contributed by atoms with Crippen molar-refractivity contribution in [2.24, 2.45) is 0 Å². The number of carbonyl (C=O) groups is 1. The Kier molecular flexibility index (Phi) is 8.25. The lowest BCUT2D eigenvalue weighted by Gasteiger charge is -2.04. The van der Waals surface area contributed by atoms with Gasteiger partial charge in [-0.05, 0) is 12.1 Å². The lowest BCUT2D eigenvalue weighted by atomic mass is 10.3. The van der Waals surface area contributed by atoms with E-state index in [2.05, 4.69) is 16.9 Å². The second kappa shape index (κ2) is 8.97. The molecule has 3 nitrogen and oxygen atoms in total. The van der Waals surface area contributed by atoms with Gasteiger partial charge in [-0.2, -0.15) is 0 Å². The Morgan fingerprint density at radius 1 is 1.62 bits per heavy atom. The fraction of sp³-hybridized carbons (Fsp3) is 0.333. The highest BCUT2D eigenvalue weighted by Gasteiger charge is 2.09. The number of carbonyl (C=O) groups excluding carboxylic acids is 1. The van der Waals surface area contributed by atoms with Crippen LogP contribution in [0.2, 0.25) is 0 Å². The molecule has 0 aromatic carbocycles. The van der Waals surface area contributed by atoms with Gasteiger partial charge in [-0.25, -0.2) is 4.98 Å². The average molecular weight is 238 g/mol. The van der Waals surface area contributed by atoms with E-state index in [-0.39, 0.29) is 5.91 Å². The summed E-state index contributed by atoms with van der Waals surface area (Å²) in [5.74, 6) is 0.644. The molecule has 1 N–H and O–H groups in total. The SMILES string of the molecule is C=CCSc1ncccc1C(=O)NC.CC. The minimum atomic E-state index is -0.107. The topological polar surface area (TPSA) is 42.0 Å². The van der Waals surface area contributed by atoms with Gasteiger partial charge in [0.2, 0.25) is 0 Å². The molecule has 16 heavy (non-hydrogen) atoms. The lowest BCUT2D eigenvalue weighted by Crippen LogP contribution is -2.18. The fourth-order valence-electron chi connectivity index (χ4n) is 0.951. The smallest absolute Gasteiger partial charge is 0.253 e. The van der Waals surface area contributed by atoms with E-state index in [1.54, 1.807) is 31.5 Å². The van der Waals surface area contributed by atoms with E-state index in [0.29, 0.717) is 5.56 Å². The number of nitrogens with zero attached hydrogens (tertiary/aromatic N) is 1. The van der Waals surface area contributed by atoms with Crippen molar-refractivity contribution in [3.05, 3.63) is 36.5 Å². The van der Waals surface area contributed by atoms with Crippen molar-refractivity contribution in [2.75, 3.05) is 12.8 Å². The van der Waals surface area contributed by atoms with Crippen LogP contribution in [0.1, 0.15) is 24.2 Å². The van der Waals surface area contributed by atoms with Crippen molar-refractivity contribution in [1.29, 1.82) is 0 Å². The Labute approximate surface area is 101 Å². The van der Waals surface area contributed by atoms with Crippen molar-refractivity contribution >= 4 is 17.7 Å². The third-order valence-electron chi connectivity index (χ3n) is 1.58. The van der Waals surface area contributed by atoms with Crippen molar-refractivity contribution in [3.63, 3.8) is 0 Å². The third-order valence-corrected chi connectivity index (χ3v) is 2.58. The highest BCUT2D eigenvalue weighted by atomic mass is 32.2. The molecule has 1 rings (SSSR count). The Morgan fingerprint density at radius 2 is 2.31 bits per heavy atom. The molecule has 0 spiro atoms. The number of hydrogen-bond donors (Lipinski definition) is 1. The average Bonchev–Trinajstić information content (AvgIpc) is 2.38. The van der Waals surface area contributed by atoms with Crippen LogP contribution in [0.4, 0.5) is 0 Å². The van der Waals surface area contributed by atoms with Crippen LogP contribution in [0.3, 0.4) is 0 Å². The molecule has 0 radical (unpaired) electrons. The van der Waals surface area contributed by atoms with Crippen LogP contribution in [0, 0.1) is 0 Å². The maximum Gasteiger partial charge on any atom is 0.253 e. The molecule has 0 saturated carbocycles. The van der Waals surface area contributed by atoms with E-state index in [0.717, 1.165) is 10.8 Å². The van der Waals surface area contributed by atoms with Gasteiger partial charge in [-0.1, -0.05) is 19.9 Å². The van der Waals surface area contributed by atoms with Gasteiger partial charge in [0.15, 0.2) is 0 Å². The lowest BCUT2D eigenvalue weighted by molar-refractivity contribution is 0.0959. The monoisotopic (exact) mass is 238 g/mol. The van der Waals surface area contributed by atoms with E-state index in [9.17, 15) is 4.79 Å². The zero-order chi connectivity index (χ0) is 12.4. The summed E-state index contributed by atoms with van der Waals surface area (Å²) in [4.78, 5) is 15.5. The molecule has 0 fully saturated rings. The molecule has 1 heterocycles. The van der Waals surface area contributed by atoms with Crippen LogP contribution in [0.15, 0.2) is 36.0 Å². The first-order valence-corrected chi connectivity index (χ1v) is 6.19. The van der Waals surface area contributed by atoms with Gasteiger partial charge in [0.1, 0.15) is 5.03 Å². The van der Waals surface area contributed by atoms with Gasteiger partial charge >= 0.3 is 0 Å². The molecular formula is C12H18N2OS. The minimum Gasteiger partial charge on any atom is -0.355 e. The van der Waals surface area contributed by atoms with Crippen LogP contribution in [-0.4, -0.2) is 23.7 Å². The number of amides is 1. The molecule has 0 aliphatic carbocycles. The van der Waals surface area contributed by atoms with Crippen molar-refractivity contribution < 1.29 is 4.79 Å². The Morgan fingerprint density at radius 3 is 2.88 bits per heavy atom. The first-order chi connectivity index (χ1) is 7.79. The normalized spacial score (nSPS) is 8.69. The molecule has 0 bridgehead atoms. The number of rotatable bonds is 4.